The quantitative estimate of drug-likeness (QED) is 0.864. The zero-order valence-corrected chi connectivity index (χ0v) is 12.0. The lowest BCUT2D eigenvalue weighted by atomic mass is 10.0. The molecule has 1 rings (SSSR count). The van der Waals surface area contributed by atoms with Crippen LogP contribution >= 0.6 is 12.4 Å². The van der Waals surface area contributed by atoms with Crippen molar-refractivity contribution < 1.29 is 4.79 Å². The molecule has 0 aliphatic rings. The first kappa shape index (κ1) is 16.9. The molecule has 0 heterocycles. The van der Waals surface area contributed by atoms with E-state index in [0.29, 0.717) is 0 Å². The number of hydrogen-bond donors (Lipinski definition) is 2. The van der Waals surface area contributed by atoms with Crippen LogP contribution in [0.5, 0.6) is 0 Å². The van der Waals surface area contributed by atoms with E-state index >= 15 is 0 Å². The highest BCUT2D eigenvalue weighted by molar-refractivity contribution is 5.85. The fourth-order valence-electron chi connectivity index (χ4n) is 1.68. The topological polar surface area (TPSA) is 55.1 Å². The van der Waals surface area contributed by atoms with Crippen LogP contribution in [0.15, 0.2) is 30.3 Å². The zero-order valence-electron chi connectivity index (χ0n) is 11.2. The summed E-state index contributed by atoms with van der Waals surface area (Å²) in [6, 6.07) is 9.59. The maximum atomic E-state index is 11.9. The van der Waals surface area contributed by atoms with Crippen LogP contribution in [-0.4, -0.2) is 11.9 Å². The van der Waals surface area contributed by atoms with E-state index < -0.39 is 6.04 Å². The van der Waals surface area contributed by atoms with Crippen molar-refractivity contribution in [3.8, 4) is 0 Å². The summed E-state index contributed by atoms with van der Waals surface area (Å²) in [5, 5.41) is 3.00. The maximum absolute atomic E-state index is 11.9. The number of halogens is 1. The third-order valence-corrected chi connectivity index (χ3v) is 2.95. The molecule has 0 radical (unpaired) electrons. The Bertz CT molecular complexity index is 354. The average Bonchev–Trinajstić information content (AvgIpc) is 2.35. The van der Waals surface area contributed by atoms with Gasteiger partial charge in [-0.15, -0.1) is 12.4 Å². The van der Waals surface area contributed by atoms with Crippen LogP contribution in [0, 0.1) is 5.92 Å². The van der Waals surface area contributed by atoms with Gasteiger partial charge in [0.15, 0.2) is 0 Å². The van der Waals surface area contributed by atoms with Crippen molar-refractivity contribution in [1.82, 2.24) is 5.32 Å². The molecule has 1 aromatic rings. The van der Waals surface area contributed by atoms with Crippen LogP contribution in [0.3, 0.4) is 0 Å². The van der Waals surface area contributed by atoms with E-state index in [1.807, 2.05) is 44.2 Å². The molecule has 0 aliphatic carbocycles. The SMILES string of the molecule is CC[C@@H](NC(=O)[C@@H](N)C(C)C)c1ccccc1.Cl. The molecule has 0 saturated carbocycles. The Morgan fingerprint density at radius 3 is 2.28 bits per heavy atom. The molecule has 4 heteroatoms. The van der Waals surface area contributed by atoms with E-state index in [9.17, 15) is 4.79 Å². The second kappa shape index (κ2) is 8.11. The number of carbonyl (C=O) groups is 1. The van der Waals surface area contributed by atoms with E-state index in [0.717, 1.165) is 12.0 Å². The number of amides is 1. The summed E-state index contributed by atoms with van der Waals surface area (Å²) in [7, 11) is 0. The number of hydrogen-bond acceptors (Lipinski definition) is 2. The fraction of sp³-hybridized carbons (Fsp3) is 0.500. The molecule has 1 aromatic carbocycles. The highest BCUT2D eigenvalue weighted by Gasteiger charge is 2.20. The van der Waals surface area contributed by atoms with Gasteiger partial charge < -0.3 is 11.1 Å². The molecule has 102 valence electrons. The average molecular weight is 271 g/mol. The lowest BCUT2D eigenvalue weighted by Crippen LogP contribution is -2.45. The van der Waals surface area contributed by atoms with E-state index in [1.165, 1.54) is 0 Å². The predicted octanol–water partition coefficient (Wildman–Crippen LogP) is 2.66. The molecule has 0 aliphatic heterocycles. The minimum atomic E-state index is -0.437. The van der Waals surface area contributed by atoms with E-state index in [4.69, 9.17) is 5.73 Å². The standard InChI is InChI=1S/C14H22N2O.ClH/c1-4-12(11-8-6-5-7-9-11)16-14(17)13(15)10(2)3;/h5-10,12-13H,4,15H2,1-3H3,(H,16,17);1H/t12-,13+;/m1./s1. The van der Waals surface area contributed by atoms with Crippen molar-refractivity contribution in [2.45, 2.75) is 39.3 Å². The molecule has 0 spiro atoms. The number of rotatable bonds is 5. The number of nitrogens with two attached hydrogens (primary N) is 1. The van der Waals surface area contributed by atoms with E-state index in [2.05, 4.69) is 12.2 Å². The van der Waals surface area contributed by atoms with Crippen molar-refractivity contribution in [3.05, 3.63) is 35.9 Å². The first-order valence-corrected chi connectivity index (χ1v) is 6.17. The van der Waals surface area contributed by atoms with Gasteiger partial charge in [0.2, 0.25) is 5.91 Å². The second-order valence-corrected chi connectivity index (χ2v) is 4.65. The molecule has 3 nitrogen and oxygen atoms in total. The van der Waals surface area contributed by atoms with Gasteiger partial charge in [-0.2, -0.15) is 0 Å². The third-order valence-electron chi connectivity index (χ3n) is 2.95. The minimum absolute atomic E-state index is 0. The third kappa shape index (κ3) is 4.67. The molecule has 0 fully saturated rings. The van der Waals surface area contributed by atoms with Crippen LogP contribution in [0.2, 0.25) is 0 Å². The normalized spacial score (nSPS) is 13.6. The number of carbonyl (C=O) groups excluding carboxylic acids is 1. The summed E-state index contributed by atoms with van der Waals surface area (Å²) >= 11 is 0. The zero-order chi connectivity index (χ0) is 12.8. The Kier molecular flexibility index (Phi) is 7.64. The van der Waals surface area contributed by atoms with Crippen LogP contribution < -0.4 is 11.1 Å². The van der Waals surface area contributed by atoms with Gasteiger partial charge in [-0.1, -0.05) is 51.1 Å². The van der Waals surface area contributed by atoms with Crippen molar-refractivity contribution in [1.29, 1.82) is 0 Å². The number of nitrogens with one attached hydrogen (secondary N) is 1. The smallest absolute Gasteiger partial charge is 0.237 e. The molecule has 3 N–H and O–H groups in total. The summed E-state index contributed by atoms with van der Waals surface area (Å²) in [5.41, 5.74) is 6.95. The van der Waals surface area contributed by atoms with Crippen molar-refractivity contribution in [2.75, 3.05) is 0 Å². The number of benzene rings is 1. The van der Waals surface area contributed by atoms with Gasteiger partial charge in [0.25, 0.3) is 0 Å². The summed E-state index contributed by atoms with van der Waals surface area (Å²) in [4.78, 5) is 11.9. The highest BCUT2D eigenvalue weighted by atomic mass is 35.5. The van der Waals surface area contributed by atoms with Gasteiger partial charge in [0.1, 0.15) is 0 Å². The van der Waals surface area contributed by atoms with Gasteiger partial charge in [0.05, 0.1) is 12.1 Å². The lowest BCUT2D eigenvalue weighted by Gasteiger charge is -2.21. The first-order valence-electron chi connectivity index (χ1n) is 6.17. The van der Waals surface area contributed by atoms with Crippen LogP contribution in [0.1, 0.15) is 38.8 Å². The van der Waals surface area contributed by atoms with E-state index in [-0.39, 0.29) is 30.3 Å². The first-order chi connectivity index (χ1) is 8.06. The molecule has 0 bridgehead atoms. The van der Waals surface area contributed by atoms with Gasteiger partial charge in [0, 0.05) is 0 Å². The Morgan fingerprint density at radius 1 is 1.28 bits per heavy atom. The van der Waals surface area contributed by atoms with Gasteiger partial charge >= 0.3 is 0 Å². The summed E-state index contributed by atoms with van der Waals surface area (Å²) in [6.45, 7) is 5.96. The molecule has 2 atom stereocenters. The fourth-order valence-corrected chi connectivity index (χ4v) is 1.68. The lowest BCUT2D eigenvalue weighted by molar-refractivity contribution is -0.124. The van der Waals surface area contributed by atoms with Crippen molar-refractivity contribution in [2.24, 2.45) is 11.7 Å². The Labute approximate surface area is 116 Å². The van der Waals surface area contributed by atoms with Gasteiger partial charge in [-0.05, 0) is 17.9 Å². The Hall–Kier alpha value is -1.06. The molecule has 1 amide bonds. The monoisotopic (exact) mass is 270 g/mol. The molecular formula is C14H23ClN2O. The molecule has 18 heavy (non-hydrogen) atoms. The highest BCUT2D eigenvalue weighted by Crippen LogP contribution is 2.16. The summed E-state index contributed by atoms with van der Waals surface area (Å²) in [6.07, 6.45) is 0.862. The van der Waals surface area contributed by atoms with Crippen LogP contribution in [-0.2, 0) is 4.79 Å². The Balaban J connectivity index is 0.00000289. The molecular weight excluding hydrogens is 248 g/mol. The summed E-state index contributed by atoms with van der Waals surface area (Å²) in [5.74, 6) is 0.0824. The predicted molar refractivity (Wildman–Crippen MR) is 77.7 cm³/mol. The molecule has 0 unspecified atom stereocenters. The Morgan fingerprint density at radius 2 is 1.83 bits per heavy atom. The summed E-state index contributed by atoms with van der Waals surface area (Å²) < 4.78 is 0. The van der Waals surface area contributed by atoms with Crippen LogP contribution in [0.25, 0.3) is 0 Å². The minimum Gasteiger partial charge on any atom is -0.348 e. The molecule has 0 aromatic heterocycles. The van der Waals surface area contributed by atoms with Gasteiger partial charge in [-0.3, -0.25) is 4.79 Å². The van der Waals surface area contributed by atoms with Gasteiger partial charge in [-0.25, -0.2) is 0 Å². The largest absolute Gasteiger partial charge is 0.348 e. The second-order valence-electron chi connectivity index (χ2n) is 4.65. The van der Waals surface area contributed by atoms with Crippen molar-refractivity contribution in [3.63, 3.8) is 0 Å². The van der Waals surface area contributed by atoms with Crippen molar-refractivity contribution >= 4 is 18.3 Å². The van der Waals surface area contributed by atoms with Crippen LogP contribution in [0.4, 0.5) is 0 Å². The molecule has 0 saturated heterocycles. The van der Waals surface area contributed by atoms with E-state index in [1.54, 1.807) is 0 Å². The maximum Gasteiger partial charge on any atom is 0.237 e.